The van der Waals surface area contributed by atoms with Crippen molar-refractivity contribution in [3.8, 4) is 46.3 Å². The highest BCUT2D eigenvalue weighted by molar-refractivity contribution is 7.99. The van der Waals surface area contributed by atoms with Gasteiger partial charge in [0.2, 0.25) is 0 Å². The minimum absolute atomic E-state index is 0.553. The largest absolute Gasteiger partial charge is 0.309 e. The number of nitrogens with zero attached hydrogens (tertiary/aromatic N) is 9. The average Bonchev–Trinajstić information content (AvgIpc) is 1.48. The molecule has 0 fully saturated rings. The number of hydrogen-bond donors (Lipinski definition) is 0. The Bertz CT molecular complexity index is 5610. The molecule has 1 aliphatic heterocycles. The predicted molar refractivity (Wildman–Crippen MR) is 337 cm³/mol. The topological polar surface area (TPSA) is 97.4 Å². The van der Waals surface area contributed by atoms with Crippen molar-refractivity contribution in [3.63, 3.8) is 0 Å². The van der Waals surface area contributed by atoms with Gasteiger partial charge in [0.05, 0.1) is 115 Å². The van der Waals surface area contributed by atoms with E-state index < -0.39 is 5.41 Å². The maximum Gasteiger partial charge on any atom is 0.188 e. The van der Waals surface area contributed by atoms with Crippen LogP contribution in [0.5, 0.6) is 0 Å². The van der Waals surface area contributed by atoms with E-state index in [0.29, 0.717) is 16.8 Å². The Morgan fingerprint density at radius 3 is 1.12 bits per heavy atom. The van der Waals surface area contributed by atoms with Gasteiger partial charge < -0.3 is 18.3 Å². The zero-order valence-corrected chi connectivity index (χ0v) is 45.3. The van der Waals surface area contributed by atoms with Crippen molar-refractivity contribution < 1.29 is 0 Å². The molecule has 10 heteroatoms. The van der Waals surface area contributed by atoms with Gasteiger partial charge in [-0.2, -0.15) is 10.5 Å². The monoisotopic (exact) mass is 1090 g/mol. The fraction of sp³-hybridized carbons (Fsp3) is 0.0135. The molecule has 16 aromatic rings. The van der Waals surface area contributed by atoms with E-state index in [9.17, 15) is 10.5 Å². The summed E-state index contributed by atoms with van der Waals surface area (Å²) >= 11 is 1.78. The molecule has 386 valence electrons. The fourth-order valence-corrected chi connectivity index (χ4v) is 15.6. The third-order valence-corrected chi connectivity index (χ3v) is 18.9. The van der Waals surface area contributed by atoms with Gasteiger partial charge in [-0.15, -0.1) is 0 Å². The molecule has 0 N–H and O–H groups in total. The van der Waals surface area contributed by atoms with Crippen molar-refractivity contribution in [3.05, 3.63) is 282 Å². The smallest absolute Gasteiger partial charge is 0.188 e. The van der Waals surface area contributed by atoms with Gasteiger partial charge in [-0.25, -0.2) is 4.85 Å². The Balaban J connectivity index is 0.967. The van der Waals surface area contributed by atoms with Gasteiger partial charge in [-0.05, 0) is 132 Å². The molecule has 1 unspecified atom stereocenters. The summed E-state index contributed by atoms with van der Waals surface area (Å²) in [6.07, 6.45) is 4.01. The maximum absolute atomic E-state index is 10.1. The molecule has 1 aliphatic carbocycles. The first-order valence-corrected chi connectivity index (χ1v) is 28.6. The van der Waals surface area contributed by atoms with Gasteiger partial charge in [-0.3, -0.25) is 9.97 Å². The molecule has 0 radical (unpaired) electrons. The molecule has 2 aliphatic rings. The minimum atomic E-state index is -0.983. The quantitative estimate of drug-likeness (QED) is 0.164. The van der Waals surface area contributed by atoms with Crippen LogP contribution in [0.1, 0.15) is 33.4 Å². The van der Waals surface area contributed by atoms with Gasteiger partial charge >= 0.3 is 0 Å². The van der Waals surface area contributed by atoms with E-state index in [1.807, 2.05) is 60.9 Å². The van der Waals surface area contributed by atoms with Crippen LogP contribution in [0, 0.1) is 29.2 Å². The lowest BCUT2D eigenvalue weighted by Crippen LogP contribution is -2.32. The van der Waals surface area contributed by atoms with Gasteiger partial charge in [-0.1, -0.05) is 121 Å². The lowest BCUT2D eigenvalue weighted by molar-refractivity contribution is 0.716. The Kier molecular flexibility index (Phi) is 9.38. The van der Waals surface area contributed by atoms with Crippen LogP contribution >= 0.6 is 11.8 Å². The second kappa shape index (κ2) is 17.0. The molecule has 84 heavy (non-hydrogen) atoms. The van der Waals surface area contributed by atoms with Crippen LogP contribution < -0.4 is 0 Å². The van der Waals surface area contributed by atoms with Crippen molar-refractivity contribution in [1.29, 1.82) is 10.5 Å². The summed E-state index contributed by atoms with van der Waals surface area (Å²) in [6, 6.07) is 84.0. The second-order valence-corrected chi connectivity index (χ2v) is 22.9. The van der Waals surface area contributed by atoms with Crippen molar-refractivity contribution in [2.75, 3.05) is 0 Å². The average molecular weight is 1090 g/mol. The molecule has 0 saturated carbocycles. The molecule has 1 spiro atoms. The first-order chi connectivity index (χ1) is 41.5. The van der Waals surface area contributed by atoms with Crippen LogP contribution in [0.25, 0.3) is 126 Å². The first kappa shape index (κ1) is 46.3. The molecule has 0 bridgehead atoms. The van der Waals surface area contributed by atoms with E-state index in [0.717, 1.165) is 132 Å². The number of para-hydroxylation sites is 5. The Hall–Kier alpha value is -11.5. The van der Waals surface area contributed by atoms with E-state index in [1.165, 1.54) is 21.5 Å². The number of rotatable bonds is 4. The lowest BCUT2D eigenvalue weighted by atomic mass is 9.67. The van der Waals surface area contributed by atoms with Crippen LogP contribution in [0.4, 0.5) is 5.69 Å². The zero-order valence-electron chi connectivity index (χ0n) is 44.4. The van der Waals surface area contributed by atoms with Crippen molar-refractivity contribution >= 4 is 105 Å². The number of aromatic nitrogens is 6. The molecule has 1 atom stereocenters. The summed E-state index contributed by atoms with van der Waals surface area (Å²) in [5, 5.41) is 28.9. The van der Waals surface area contributed by atoms with Crippen LogP contribution in [-0.4, -0.2) is 28.2 Å². The predicted octanol–water partition coefficient (Wildman–Crippen LogP) is 18.0. The van der Waals surface area contributed by atoms with Crippen LogP contribution in [0.3, 0.4) is 0 Å². The Morgan fingerprint density at radius 1 is 0.357 bits per heavy atom. The SMILES string of the molecule is [C-]#[N+]c1ccc2c(c1)c1ccccc1n2-c1cnc2c(c1)C1(c3ccc(-n4c5ccccc5c5ccccc54)cc3Sc3cc(-n4c5ccc(C#N)cc5c5cc(C#N)ccc54)ccc31)c1cc(-n3c4ccccc4c4ccccc43)cnc1-2. The highest BCUT2D eigenvalue weighted by Crippen LogP contribution is 2.63. The Morgan fingerprint density at radius 2 is 0.714 bits per heavy atom. The molecular weight excluding hydrogens is 1050 g/mol. The van der Waals surface area contributed by atoms with Crippen molar-refractivity contribution in [2.24, 2.45) is 0 Å². The molecule has 10 aromatic carbocycles. The van der Waals surface area contributed by atoms with Crippen molar-refractivity contribution in [1.82, 2.24) is 28.2 Å². The molecule has 0 saturated heterocycles. The van der Waals surface area contributed by atoms with E-state index in [4.69, 9.17) is 16.5 Å². The maximum atomic E-state index is 10.1. The first-order valence-electron chi connectivity index (χ1n) is 27.8. The van der Waals surface area contributed by atoms with E-state index >= 15 is 0 Å². The highest BCUT2D eigenvalue weighted by Gasteiger charge is 2.52. The third kappa shape index (κ3) is 6.09. The fourth-order valence-electron chi connectivity index (χ4n) is 14.3. The number of pyridine rings is 2. The summed E-state index contributed by atoms with van der Waals surface area (Å²) < 4.78 is 9.32. The summed E-state index contributed by atoms with van der Waals surface area (Å²) in [7, 11) is 0. The summed E-state index contributed by atoms with van der Waals surface area (Å²) in [5.74, 6) is 0. The van der Waals surface area contributed by atoms with Gasteiger partial charge in [0.1, 0.15) is 0 Å². The molecule has 0 amide bonds. The molecule has 9 nitrogen and oxygen atoms in total. The standard InChI is InChI=1S/C74H39N9S/c1-77-45-24-31-69-57(34-45)54-16-6-11-21-66(54)83(69)49-36-61-73(79-42-49)72-60(35-48(41-78-72)82-64-19-9-4-14-52(64)53-15-5-10-20-65(53)82)74(61)58-27-25-46(80-62-17-7-2-12-50(62)51-13-3-8-18-63(51)80)37-70(58)84-71-38-47(26-28-59(71)74)81-67-29-22-43(39-75)32-55(67)56-33-44(40-76)23-30-68(56)81/h2-38,41-42H. The van der Waals surface area contributed by atoms with Crippen LogP contribution in [0.15, 0.2) is 247 Å². The van der Waals surface area contributed by atoms with E-state index in [-0.39, 0.29) is 0 Å². The van der Waals surface area contributed by atoms with Gasteiger partial charge in [0, 0.05) is 70.0 Å². The number of benzene rings is 10. The molecular formula is C74H39N9S. The molecule has 6 aromatic heterocycles. The van der Waals surface area contributed by atoms with Gasteiger partial charge in [0.25, 0.3) is 0 Å². The number of nitriles is 2. The van der Waals surface area contributed by atoms with Crippen LogP contribution in [-0.2, 0) is 5.41 Å². The van der Waals surface area contributed by atoms with Crippen LogP contribution in [0.2, 0.25) is 0 Å². The Labute approximate surface area is 483 Å². The minimum Gasteiger partial charge on any atom is -0.309 e. The number of hydrogen-bond acceptors (Lipinski definition) is 5. The molecule has 18 rings (SSSR count). The molecule has 7 heterocycles. The second-order valence-electron chi connectivity index (χ2n) is 21.8. The van der Waals surface area contributed by atoms with E-state index in [1.54, 1.807) is 11.8 Å². The highest BCUT2D eigenvalue weighted by atomic mass is 32.2. The van der Waals surface area contributed by atoms with Crippen molar-refractivity contribution in [2.45, 2.75) is 15.2 Å². The zero-order chi connectivity index (χ0) is 55.5. The van der Waals surface area contributed by atoms with Gasteiger partial charge in [0.15, 0.2) is 5.69 Å². The lowest BCUT2D eigenvalue weighted by Gasteiger charge is -2.40. The third-order valence-electron chi connectivity index (χ3n) is 17.7. The number of fused-ring (bicyclic) bond motifs is 21. The summed E-state index contributed by atoms with van der Waals surface area (Å²) in [4.78, 5) is 17.2. The summed E-state index contributed by atoms with van der Waals surface area (Å²) in [5.41, 5.74) is 18.7. The summed E-state index contributed by atoms with van der Waals surface area (Å²) in [6.45, 7) is 7.97. The van der Waals surface area contributed by atoms with E-state index in [2.05, 4.69) is 211 Å². The normalized spacial score (nSPS) is 14.2.